The molecule has 0 amide bonds. The Morgan fingerprint density at radius 3 is 2.24 bits per heavy atom. The van der Waals surface area contributed by atoms with Gasteiger partial charge in [0.15, 0.2) is 5.52 Å². The van der Waals surface area contributed by atoms with Crippen LogP contribution in [0.2, 0.25) is 5.02 Å². The van der Waals surface area contributed by atoms with E-state index in [2.05, 4.69) is 99.6 Å². The highest BCUT2D eigenvalue weighted by atomic mass is 35.5. The molecule has 0 N–H and O–H groups in total. The molecule has 0 aliphatic rings. The van der Waals surface area contributed by atoms with E-state index in [1.54, 1.807) is 0 Å². The zero-order chi connectivity index (χ0) is 28.2. The van der Waals surface area contributed by atoms with E-state index < -0.39 is 0 Å². The maximum atomic E-state index is 6.36. The van der Waals surface area contributed by atoms with Gasteiger partial charge in [0.1, 0.15) is 16.9 Å². The number of hydrogen-bond donors (Lipinski definition) is 0. The quantitative estimate of drug-likeness (QED) is 0.202. The number of nitrogens with zero attached hydrogens (tertiary/aromatic N) is 5. The number of imidazole rings is 1. The fraction of sp³-hybridized carbons (Fsp3) is 0.0278. The molecule has 3 aromatic heterocycles. The maximum Gasteiger partial charge on any atom is 0.328 e. The summed E-state index contributed by atoms with van der Waals surface area (Å²) in [4.78, 5) is 10.2. The van der Waals surface area contributed by atoms with E-state index in [-0.39, 0.29) is 0 Å². The number of aryl methyl sites for hydroxylation is 1. The first-order valence-corrected chi connectivity index (χ1v) is 14.2. The van der Waals surface area contributed by atoms with E-state index in [0.29, 0.717) is 5.02 Å². The maximum absolute atomic E-state index is 6.36. The minimum atomic E-state index is 0.633. The van der Waals surface area contributed by atoms with E-state index in [4.69, 9.17) is 21.6 Å². The van der Waals surface area contributed by atoms with Gasteiger partial charge in [-0.1, -0.05) is 77.2 Å². The molecule has 8 rings (SSSR count). The highest BCUT2D eigenvalue weighted by Crippen LogP contribution is 2.30. The summed E-state index contributed by atoms with van der Waals surface area (Å²) in [6.45, 7) is 0. The molecule has 6 heteroatoms. The van der Waals surface area contributed by atoms with E-state index in [1.807, 2.05) is 54.6 Å². The lowest BCUT2D eigenvalue weighted by Crippen LogP contribution is -2.34. The summed E-state index contributed by atoms with van der Waals surface area (Å²) in [5, 5.41) is 3.12. The summed E-state index contributed by atoms with van der Waals surface area (Å²) in [5.74, 6) is 0.932. The second-order valence-electron chi connectivity index (χ2n) is 10.4. The van der Waals surface area contributed by atoms with E-state index in [9.17, 15) is 0 Å². The Balaban J connectivity index is 1.42. The molecule has 200 valence electrons. The highest BCUT2D eigenvalue weighted by molar-refractivity contribution is 6.31. The van der Waals surface area contributed by atoms with Crippen molar-refractivity contribution < 1.29 is 4.57 Å². The van der Waals surface area contributed by atoms with Crippen LogP contribution in [-0.2, 0) is 7.05 Å². The van der Waals surface area contributed by atoms with Crippen molar-refractivity contribution in [1.29, 1.82) is 0 Å². The van der Waals surface area contributed by atoms with Crippen molar-refractivity contribution in [1.82, 2.24) is 19.1 Å². The summed E-state index contributed by atoms with van der Waals surface area (Å²) in [7, 11) is 2.12. The van der Waals surface area contributed by atoms with Crippen molar-refractivity contribution in [3.05, 3.63) is 138 Å². The van der Waals surface area contributed by atoms with Crippen LogP contribution in [0, 0.1) is 0 Å². The van der Waals surface area contributed by atoms with Gasteiger partial charge in [-0.05, 0) is 72.3 Å². The zero-order valence-electron chi connectivity index (χ0n) is 22.8. The van der Waals surface area contributed by atoms with Crippen molar-refractivity contribution >= 4 is 67.9 Å². The summed E-state index contributed by atoms with van der Waals surface area (Å²) >= 11 is 6.36. The number of rotatable bonds is 4. The zero-order valence-corrected chi connectivity index (χ0v) is 23.6. The van der Waals surface area contributed by atoms with Crippen LogP contribution in [0.25, 0.3) is 67.7 Å². The molecule has 0 saturated heterocycles. The third-order valence-electron chi connectivity index (χ3n) is 7.86. The van der Waals surface area contributed by atoms with Crippen molar-refractivity contribution in [2.75, 3.05) is 0 Å². The number of halogens is 1. The van der Waals surface area contributed by atoms with Crippen LogP contribution in [0.5, 0.6) is 0 Å². The van der Waals surface area contributed by atoms with Gasteiger partial charge < -0.3 is 4.57 Å². The van der Waals surface area contributed by atoms with Gasteiger partial charge in [-0.3, -0.25) is 0 Å². The van der Waals surface area contributed by atoms with Gasteiger partial charge >= 0.3 is 5.65 Å². The van der Waals surface area contributed by atoms with Crippen LogP contribution in [-0.4, -0.2) is 19.1 Å². The Morgan fingerprint density at radius 2 is 1.40 bits per heavy atom. The average molecular weight is 563 g/mol. The first kappa shape index (κ1) is 24.5. The van der Waals surface area contributed by atoms with Gasteiger partial charge in [0, 0.05) is 40.0 Å². The first-order chi connectivity index (χ1) is 20.7. The second-order valence-corrected chi connectivity index (χ2v) is 10.8. The first-order valence-electron chi connectivity index (χ1n) is 13.9. The van der Waals surface area contributed by atoms with Gasteiger partial charge in [0.05, 0.1) is 0 Å². The summed E-state index contributed by atoms with van der Waals surface area (Å²) < 4.78 is 6.60. The second kappa shape index (κ2) is 9.68. The lowest BCUT2D eigenvalue weighted by molar-refractivity contribution is -0.572. The molecule has 0 bridgehead atoms. The Kier molecular flexibility index (Phi) is 5.66. The molecule has 0 unspecified atom stereocenters. The Bertz CT molecular complexity index is 2320. The number of benzene rings is 5. The molecule has 0 fully saturated rings. The molecule has 42 heavy (non-hydrogen) atoms. The third kappa shape index (κ3) is 3.90. The standard InChI is InChI=1S/C36H25ClN5/c1-40-32-15-9-8-14-28(32)29-22-24(16-20-33(29)40)17-21-34-41(26-10-4-2-5-11-26)35-36(42(34)27-12-6-3-7-13-27)39-31-23-25(37)18-19-30(31)38-35/h2-23H,1H3/q+1. The molecule has 0 radical (unpaired) electrons. The lowest BCUT2D eigenvalue weighted by Gasteiger charge is -2.04. The molecule has 5 nitrogen and oxygen atoms in total. The SMILES string of the molecule is Cn1c2ccccc2c2cc(C=Cc3n(-c4ccccc4)c4nc5cc(Cl)ccc5nc4[n+]3-c3ccccc3)ccc21. The van der Waals surface area contributed by atoms with Crippen LogP contribution >= 0.6 is 11.6 Å². The van der Waals surface area contributed by atoms with Gasteiger partial charge in [-0.2, -0.15) is 4.57 Å². The number of fused-ring (bicyclic) bond motifs is 5. The van der Waals surface area contributed by atoms with Crippen molar-refractivity contribution in [3.8, 4) is 11.4 Å². The molecular weight excluding hydrogens is 538 g/mol. The topological polar surface area (TPSA) is 39.5 Å². The monoisotopic (exact) mass is 562 g/mol. The minimum Gasteiger partial charge on any atom is -0.344 e. The normalized spacial score (nSPS) is 12.0. The van der Waals surface area contributed by atoms with Gasteiger partial charge in [-0.15, -0.1) is 0 Å². The molecule has 0 saturated carbocycles. The average Bonchev–Trinajstić information content (AvgIpc) is 3.50. The molecule has 0 atom stereocenters. The summed E-state index contributed by atoms with van der Waals surface area (Å²) in [5.41, 5.74) is 8.62. The molecule has 8 aromatic rings. The van der Waals surface area contributed by atoms with E-state index in [1.165, 1.54) is 21.8 Å². The molecule has 5 aromatic carbocycles. The number of hydrogen-bond acceptors (Lipinski definition) is 2. The number of aromatic nitrogens is 5. The lowest BCUT2D eigenvalue weighted by atomic mass is 10.1. The highest BCUT2D eigenvalue weighted by Gasteiger charge is 2.28. The molecule has 0 aliphatic heterocycles. The van der Waals surface area contributed by atoms with Crippen LogP contribution in [0.1, 0.15) is 11.4 Å². The van der Waals surface area contributed by atoms with Crippen LogP contribution < -0.4 is 4.57 Å². The molecule has 0 spiro atoms. The van der Waals surface area contributed by atoms with Gasteiger partial charge in [0.2, 0.25) is 5.82 Å². The Labute approximate surface area is 247 Å². The number of para-hydroxylation sites is 3. The smallest absolute Gasteiger partial charge is 0.328 e. The largest absolute Gasteiger partial charge is 0.344 e. The van der Waals surface area contributed by atoms with Gasteiger partial charge in [0.25, 0.3) is 5.65 Å². The Morgan fingerprint density at radius 1 is 0.667 bits per heavy atom. The molecule has 0 aliphatic carbocycles. The summed E-state index contributed by atoms with van der Waals surface area (Å²) in [6, 6.07) is 41.5. The van der Waals surface area contributed by atoms with E-state index in [0.717, 1.165) is 45.1 Å². The summed E-state index contributed by atoms with van der Waals surface area (Å²) in [6.07, 6.45) is 4.33. The predicted octanol–water partition coefficient (Wildman–Crippen LogP) is 8.32. The minimum absolute atomic E-state index is 0.633. The van der Waals surface area contributed by atoms with Crippen LogP contribution in [0.4, 0.5) is 0 Å². The predicted molar refractivity (Wildman–Crippen MR) is 172 cm³/mol. The third-order valence-corrected chi connectivity index (χ3v) is 8.10. The van der Waals surface area contributed by atoms with Crippen molar-refractivity contribution in [3.63, 3.8) is 0 Å². The van der Waals surface area contributed by atoms with Gasteiger partial charge in [-0.25, -0.2) is 9.55 Å². The van der Waals surface area contributed by atoms with Crippen LogP contribution in [0.3, 0.4) is 0 Å². The molecule has 3 heterocycles. The van der Waals surface area contributed by atoms with Crippen molar-refractivity contribution in [2.24, 2.45) is 7.05 Å². The van der Waals surface area contributed by atoms with E-state index >= 15 is 0 Å². The fourth-order valence-corrected chi connectivity index (χ4v) is 6.06. The fourth-order valence-electron chi connectivity index (χ4n) is 5.90. The molecular formula is C36H25ClN5+. The van der Waals surface area contributed by atoms with Crippen molar-refractivity contribution in [2.45, 2.75) is 0 Å². The van der Waals surface area contributed by atoms with Crippen LogP contribution in [0.15, 0.2) is 121 Å². The Hall–Kier alpha value is -5.26.